The molecule has 2 aromatic rings. The Hall–Kier alpha value is -2.79. The number of nitrogens with one attached hydrogen (secondary N) is 1. The summed E-state index contributed by atoms with van der Waals surface area (Å²) in [5, 5.41) is 3.29. The van der Waals surface area contributed by atoms with Crippen LogP contribution in [-0.2, 0) is 20.9 Å². The fourth-order valence-electron chi connectivity index (χ4n) is 2.02. The highest BCUT2D eigenvalue weighted by atomic mass is 35.5. The molecule has 0 aromatic heterocycles. The Morgan fingerprint density at radius 3 is 2.56 bits per heavy atom. The van der Waals surface area contributed by atoms with Gasteiger partial charge in [0.15, 0.2) is 6.61 Å². The number of carbonyl (C=O) groups excluding carboxylic acids is 2. The van der Waals surface area contributed by atoms with Crippen molar-refractivity contribution >= 4 is 29.6 Å². The summed E-state index contributed by atoms with van der Waals surface area (Å²) in [6.07, 6.45) is 2.85. The van der Waals surface area contributed by atoms with Gasteiger partial charge in [0.1, 0.15) is 5.75 Å². The van der Waals surface area contributed by atoms with Gasteiger partial charge >= 0.3 is 5.97 Å². The molecule has 0 unspecified atom stereocenters. The predicted molar refractivity (Wildman–Crippen MR) is 96.3 cm³/mol. The van der Waals surface area contributed by atoms with Crippen LogP contribution < -0.4 is 10.1 Å². The number of carbonyl (C=O) groups is 2. The van der Waals surface area contributed by atoms with E-state index in [4.69, 9.17) is 21.1 Å². The summed E-state index contributed by atoms with van der Waals surface area (Å²) < 4.78 is 10.1. The molecule has 0 spiro atoms. The average Bonchev–Trinajstić information content (AvgIpc) is 2.64. The van der Waals surface area contributed by atoms with Crippen molar-refractivity contribution in [3.05, 3.63) is 70.8 Å². The number of esters is 1. The van der Waals surface area contributed by atoms with Gasteiger partial charge in [-0.15, -0.1) is 0 Å². The zero-order chi connectivity index (χ0) is 18.1. The molecule has 2 rings (SSSR count). The molecule has 130 valence electrons. The molecule has 0 aliphatic rings. The maximum Gasteiger partial charge on any atom is 0.331 e. The molecule has 0 saturated heterocycles. The van der Waals surface area contributed by atoms with Crippen LogP contribution in [0.4, 0.5) is 0 Å². The molecular weight excluding hydrogens is 342 g/mol. The van der Waals surface area contributed by atoms with Crippen LogP contribution in [-0.4, -0.2) is 25.6 Å². The lowest BCUT2D eigenvalue weighted by atomic mass is 10.2. The maximum atomic E-state index is 11.8. The Labute approximate surface area is 151 Å². The zero-order valence-electron chi connectivity index (χ0n) is 13.7. The number of ether oxygens (including phenoxy) is 2. The van der Waals surface area contributed by atoms with E-state index >= 15 is 0 Å². The molecule has 0 atom stereocenters. The van der Waals surface area contributed by atoms with Crippen LogP contribution in [0.1, 0.15) is 11.1 Å². The first-order chi connectivity index (χ1) is 12.1. The summed E-state index contributed by atoms with van der Waals surface area (Å²) in [4.78, 5) is 23.4. The maximum absolute atomic E-state index is 11.8. The Morgan fingerprint density at radius 2 is 1.84 bits per heavy atom. The normalized spacial score (nSPS) is 10.5. The molecular formula is C19H18ClNO4. The van der Waals surface area contributed by atoms with E-state index < -0.39 is 5.97 Å². The van der Waals surface area contributed by atoms with Crippen LogP contribution >= 0.6 is 11.6 Å². The number of rotatable bonds is 7. The van der Waals surface area contributed by atoms with Gasteiger partial charge in [-0.25, -0.2) is 4.79 Å². The Balaban J connectivity index is 1.75. The first-order valence-corrected chi connectivity index (χ1v) is 7.95. The Kier molecular flexibility index (Phi) is 7.04. The molecule has 0 aliphatic carbocycles. The van der Waals surface area contributed by atoms with Gasteiger partial charge in [-0.2, -0.15) is 0 Å². The van der Waals surface area contributed by atoms with E-state index in [1.165, 1.54) is 6.08 Å². The van der Waals surface area contributed by atoms with E-state index in [1.807, 2.05) is 24.3 Å². The van der Waals surface area contributed by atoms with Crippen molar-refractivity contribution < 1.29 is 19.1 Å². The highest BCUT2D eigenvalue weighted by Gasteiger charge is 2.07. The van der Waals surface area contributed by atoms with E-state index in [1.54, 1.807) is 37.5 Å². The van der Waals surface area contributed by atoms with Crippen molar-refractivity contribution in [1.29, 1.82) is 0 Å². The van der Waals surface area contributed by atoms with Crippen molar-refractivity contribution in [2.24, 2.45) is 0 Å². The summed E-state index contributed by atoms with van der Waals surface area (Å²) in [7, 11) is 1.56. The van der Waals surface area contributed by atoms with Crippen molar-refractivity contribution in [3.63, 3.8) is 0 Å². The second-order valence-corrected chi connectivity index (χ2v) is 5.52. The quantitative estimate of drug-likeness (QED) is 0.609. The second kappa shape index (κ2) is 9.49. The van der Waals surface area contributed by atoms with E-state index in [2.05, 4.69) is 5.32 Å². The largest absolute Gasteiger partial charge is 0.496 e. The molecule has 0 saturated carbocycles. The third-order valence-corrected chi connectivity index (χ3v) is 3.55. The molecule has 0 aliphatic heterocycles. The van der Waals surface area contributed by atoms with Gasteiger partial charge in [0.05, 0.1) is 7.11 Å². The fourth-order valence-corrected chi connectivity index (χ4v) is 2.14. The minimum atomic E-state index is -0.595. The van der Waals surface area contributed by atoms with E-state index in [-0.39, 0.29) is 12.5 Å². The molecule has 25 heavy (non-hydrogen) atoms. The SMILES string of the molecule is COc1ccccc1CNC(=O)COC(=O)/C=C/c1ccc(Cl)cc1. The zero-order valence-corrected chi connectivity index (χ0v) is 14.5. The highest BCUT2D eigenvalue weighted by molar-refractivity contribution is 6.30. The average molecular weight is 360 g/mol. The molecule has 0 bridgehead atoms. The highest BCUT2D eigenvalue weighted by Crippen LogP contribution is 2.16. The fraction of sp³-hybridized carbons (Fsp3) is 0.158. The van der Waals surface area contributed by atoms with Crippen LogP contribution in [0.5, 0.6) is 5.75 Å². The summed E-state index contributed by atoms with van der Waals surface area (Å²) in [5.74, 6) is -0.299. The number of para-hydroxylation sites is 1. The molecule has 1 amide bonds. The smallest absolute Gasteiger partial charge is 0.331 e. The number of hydrogen-bond donors (Lipinski definition) is 1. The molecule has 2 aromatic carbocycles. The van der Waals surface area contributed by atoms with Gasteiger partial charge in [0.2, 0.25) is 0 Å². The van der Waals surface area contributed by atoms with Crippen molar-refractivity contribution in [2.45, 2.75) is 6.54 Å². The van der Waals surface area contributed by atoms with Crippen LogP contribution in [0.25, 0.3) is 6.08 Å². The Bertz CT molecular complexity index is 756. The minimum Gasteiger partial charge on any atom is -0.496 e. The number of benzene rings is 2. The predicted octanol–water partition coefficient (Wildman–Crippen LogP) is 3.22. The van der Waals surface area contributed by atoms with Crippen LogP contribution in [0.2, 0.25) is 5.02 Å². The van der Waals surface area contributed by atoms with E-state index in [0.717, 1.165) is 11.1 Å². The molecule has 1 N–H and O–H groups in total. The van der Waals surface area contributed by atoms with Gasteiger partial charge in [-0.05, 0) is 29.8 Å². The van der Waals surface area contributed by atoms with Gasteiger partial charge in [-0.1, -0.05) is 41.9 Å². The number of methoxy groups -OCH3 is 1. The van der Waals surface area contributed by atoms with Crippen LogP contribution in [0.15, 0.2) is 54.6 Å². The lowest BCUT2D eigenvalue weighted by molar-refractivity contribution is -0.143. The van der Waals surface area contributed by atoms with Gasteiger partial charge in [-0.3, -0.25) is 4.79 Å². The standard InChI is InChI=1S/C19H18ClNO4/c1-24-17-5-3-2-4-15(17)12-21-18(22)13-25-19(23)11-8-14-6-9-16(20)10-7-14/h2-11H,12-13H2,1H3,(H,21,22)/b11-8+. The third-order valence-electron chi connectivity index (χ3n) is 3.30. The number of hydrogen-bond acceptors (Lipinski definition) is 4. The topological polar surface area (TPSA) is 64.6 Å². The molecule has 6 heteroatoms. The lowest BCUT2D eigenvalue weighted by Gasteiger charge is -2.09. The Morgan fingerprint density at radius 1 is 1.12 bits per heavy atom. The monoisotopic (exact) mass is 359 g/mol. The minimum absolute atomic E-state index is 0.293. The number of amides is 1. The second-order valence-electron chi connectivity index (χ2n) is 5.08. The first kappa shape index (κ1) is 18.5. The summed E-state index contributed by atoms with van der Waals surface area (Å²) in [6, 6.07) is 14.3. The summed E-state index contributed by atoms with van der Waals surface area (Å²) in [5.41, 5.74) is 1.65. The van der Waals surface area contributed by atoms with E-state index in [9.17, 15) is 9.59 Å². The molecule has 0 heterocycles. The van der Waals surface area contributed by atoms with Gasteiger partial charge in [0.25, 0.3) is 5.91 Å². The third kappa shape index (κ3) is 6.31. The van der Waals surface area contributed by atoms with Crippen LogP contribution in [0.3, 0.4) is 0 Å². The van der Waals surface area contributed by atoms with Crippen molar-refractivity contribution in [1.82, 2.24) is 5.32 Å². The van der Waals surface area contributed by atoms with Gasteiger partial charge in [0, 0.05) is 23.2 Å². The lowest BCUT2D eigenvalue weighted by Crippen LogP contribution is -2.28. The molecule has 0 fully saturated rings. The van der Waals surface area contributed by atoms with E-state index in [0.29, 0.717) is 17.3 Å². The van der Waals surface area contributed by atoms with Gasteiger partial charge < -0.3 is 14.8 Å². The molecule has 5 nitrogen and oxygen atoms in total. The first-order valence-electron chi connectivity index (χ1n) is 7.57. The molecule has 0 radical (unpaired) electrons. The summed E-state index contributed by atoms with van der Waals surface area (Å²) in [6.45, 7) is -0.0556. The van der Waals surface area contributed by atoms with Crippen LogP contribution in [0, 0.1) is 0 Å². The summed E-state index contributed by atoms with van der Waals surface area (Å²) >= 11 is 5.78. The van der Waals surface area contributed by atoms with Crippen molar-refractivity contribution in [2.75, 3.05) is 13.7 Å². The number of halogens is 1. The van der Waals surface area contributed by atoms with Crippen molar-refractivity contribution in [3.8, 4) is 5.75 Å².